The van der Waals surface area contributed by atoms with Crippen LogP contribution in [0.3, 0.4) is 0 Å². The summed E-state index contributed by atoms with van der Waals surface area (Å²) in [6, 6.07) is -0.233. The predicted molar refractivity (Wildman–Crippen MR) is 62.5 cm³/mol. The highest BCUT2D eigenvalue weighted by Gasteiger charge is 2.24. The molecular formula is C12H24N2O. The molecule has 2 N–H and O–H groups in total. The zero-order valence-corrected chi connectivity index (χ0v) is 10.0. The average molecular weight is 212 g/mol. The maximum atomic E-state index is 11.7. The predicted octanol–water partition coefficient (Wildman–Crippen LogP) is 1.76. The van der Waals surface area contributed by atoms with Crippen molar-refractivity contribution in [3.8, 4) is 0 Å². The maximum absolute atomic E-state index is 11.7. The van der Waals surface area contributed by atoms with E-state index in [1.54, 1.807) is 0 Å². The molecule has 1 saturated heterocycles. The van der Waals surface area contributed by atoms with Crippen LogP contribution in [-0.4, -0.2) is 29.9 Å². The summed E-state index contributed by atoms with van der Waals surface area (Å²) >= 11 is 0. The van der Waals surface area contributed by atoms with Gasteiger partial charge in [0.1, 0.15) is 0 Å². The van der Waals surface area contributed by atoms with E-state index in [9.17, 15) is 4.79 Å². The molecule has 1 rings (SSSR count). The number of likely N-dealkylation sites (tertiary alicyclic amines) is 1. The number of nitrogens with two attached hydrogens (primary N) is 1. The van der Waals surface area contributed by atoms with Crippen molar-refractivity contribution in [1.29, 1.82) is 0 Å². The van der Waals surface area contributed by atoms with Crippen molar-refractivity contribution < 1.29 is 4.79 Å². The van der Waals surface area contributed by atoms with E-state index in [2.05, 4.69) is 13.8 Å². The van der Waals surface area contributed by atoms with Crippen molar-refractivity contribution >= 4 is 5.91 Å². The summed E-state index contributed by atoms with van der Waals surface area (Å²) in [6.07, 6.45) is 5.53. The Bertz CT molecular complexity index is 204. The Balaban J connectivity index is 2.17. The van der Waals surface area contributed by atoms with Gasteiger partial charge in [-0.05, 0) is 25.2 Å². The quantitative estimate of drug-likeness (QED) is 0.706. The molecule has 1 atom stereocenters. The fourth-order valence-electron chi connectivity index (χ4n) is 2.05. The van der Waals surface area contributed by atoms with Gasteiger partial charge in [-0.2, -0.15) is 0 Å². The lowest BCUT2D eigenvalue weighted by molar-refractivity contribution is -0.134. The van der Waals surface area contributed by atoms with Crippen molar-refractivity contribution in [1.82, 2.24) is 4.90 Å². The molecule has 1 heterocycles. The third kappa shape index (κ3) is 4.20. The Morgan fingerprint density at radius 3 is 2.87 bits per heavy atom. The number of carbonyl (C=O) groups excluding carboxylic acids is 1. The van der Waals surface area contributed by atoms with Gasteiger partial charge in [0.05, 0.1) is 6.04 Å². The van der Waals surface area contributed by atoms with Gasteiger partial charge in [-0.1, -0.05) is 26.7 Å². The highest BCUT2D eigenvalue weighted by Crippen LogP contribution is 2.12. The molecule has 0 bridgehead atoms. The van der Waals surface area contributed by atoms with E-state index in [1.807, 2.05) is 4.90 Å². The van der Waals surface area contributed by atoms with Gasteiger partial charge in [-0.25, -0.2) is 0 Å². The van der Waals surface area contributed by atoms with E-state index in [-0.39, 0.29) is 11.9 Å². The number of unbranched alkanes of at least 4 members (excludes halogenated alkanes) is 1. The van der Waals surface area contributed by atoms with E-state index < -0.39 is 0 Å². The molecule has 1 unspecified atom stereocenters. The van der Waals surface area contributed by atoms with Crippen LogP contribution in [0.1, 0.15) is 46.0 Å². The van der Waals surface area contributed by atoms with Crippen molar-refractivity contribution in [3.63, 3.8) is 0 Å². The molecule has 0 aromatic carbocycles. The summed E-state index contributed by atoms with van der Waals surface area (Å²) in [6.45, 7) is 6.29. The first-order valence-electron chi connectivity index (χ1n) is 6.15. The largest absolute Gasteiger partial charge is 0.341 e. The minimum absolute atomic E-state index is 0.158. The second-order valence-electron chi connectivity index (χ2n) is 4.96. The van der Waals surface area contributed by atoms with Crippen molar-refractivity contribution in [2.24, 2.45) is 11.7 Å². The van der Waals surface area contributed by atoms with Gasteiger partial charge in [-0.3, -0.25) is 4.79 Å². The minimum Gasteiger partial charge on any atom is -0.341 e. The smallest absolute Gasteiger partial charge is 0.239 e. The summed E-state index contributed by atoms with van der Waals surface area (Å²) in [7, 11) is 0. The zero-order chi connectivity index (χ0) is 11.3. The van der Waals surface area contributed by atoms with Crippen molar-refractivity contribution in [2.45, 2.75) is 52.0 Å². The summed E-state index contributed by atoms with van der Waals surface area (Å²) < 4.78 is 0. The van der Waals surface area contributed by atoms with Crippen LogP contribution in [0.4, 0.5) is 0 Å². The lowest BCUT2D eigenvalue weighted by Crippen LogP contribution is -2.48. The maximum Gasteiger partial charge on any atom is 0.239 e. The Morgan fingerprint density at radius 1 is 1.47 bits per heavy atom. The molecule has 0 radical (unpaired) electrons. The van der Waals surface area contributed by atoms with Crippen LogP contribution in [0.5, 0.6) is 0 Å². The molecule has 3 heteroatoms. The monoisotopic (exact) mass is 212 g/mol. The van der Waals surface area contributed by atoms with Gasteiger partial charge in [0.2, 0.25) is 5.91 Å². The van der Waals surface area contributed by atoms with Gasteiger partial charge in [0, 0.05) is 13.1 Å². The van der Waals surface area contributed by atoms with Crippen LogP contribution in [0.15, 0.2) is 0 Å². The summed E-state index contributed by atoms with van der Waals surface area (Å²) in [5.74, 6) is 0.926. The highest BCUT2D eigenvalue weighted by atomic mass is 16.2. The Hall–Kier alpha value is -0.570. The van der Waals surface area contributed by atoms with Crippen molar-refractivity contribution in [3.05, 3.63) is 0 Å². The topological polar surface area (TPSA) is 46.3 Å². The molecule has 3 nitrogen and oxygen atoms in total. The summed E-state index contributed by atoms with van der Waals surface area (Å²) in [5, 5.41) is 0. The first-order valence-corrected chi connectivity index (χ1v) is 6.15. The lowest BCUT2D eigenvalue weighted by atomic mass is 10.0. The Morgan fingerprint density at radius 2 is 2.20 bits per heavy atom. The molecule has 1 aliphatic rings. The molecule has 1 fully saturated rings. The second-order valence-corrected chi connectivity index (χ2v) is 4.96. The molecule has 1 amide bonds. The normalized spacial score (nSPS) is 22.5. The van der Waals surface area contributed by atoms with Crippen LogP contribution in [-0.2, 0) is 4.79 Å². The fourth-order valence-corrected chi connectivity index (χ4v) is 2.05. The Kier molecular flexibility index (Phi) is 5.09. The zero-order valence-electron chi connectivity index (χ0n) is 10.0. The number of hydrogen-bond donors (Lipinski definition) is 1. The number of carbonyl (C=O) groups is 1. The SMILES string of the molecule is CC(C)CCCCN1CCCC(N)C1=O. The number of hydrogen-bond acceptors (Lipinski definition) is 2. The van der Waals surface area contributed by atoms with E-state index in [4.69, 9.17) is 5.73 Å². The summed E-state index contributed by atoms with van der Waals surface area (Å²) in [4.78, 5) is 13.6. The van der Waals surface area contributed by atoms with Crippen LogP contribution in [0.25, 0.3) is 0 Å². The van der Waals surface area contributed by atoms with Crippen LogP contribution >= 0.6 is 0 Å². The average Bonchev–Trinajstić information content (AvgIpc) is 2.18. The van der Waals surface area contributed by atoms with Crippen molar-refractivity contribution in [2.75, 3.05) is 13.1 Å². The van der Waals surface area contributed by atoms with Gasteiger partial charge < -0.3 is 10.6 Å². The fraction of sp³-hybridized carbons (Fsp3) is 0.917. The highest BCUT2D eigenvalue weighted by molar-refractivity contribution is 5.82. The molecule has 15 heavy (non-hydrogen) atoms. The number of piperidine rings is 1. The Labute approximate surface area is 93.0 Å². The third-order valence-corrected chi connectivity index (χ3v) is 3.03. The van der Waals surface area contributed by atoms with E-state index >= 15 is 0 Å². The first kappa shape index (κ1) is 12.5. The van der Waals surface area contributed by atoms with E-state index in [0.29, 0.717) is 0 Å². The van der Waals surface area contributed by atoms with Crippen LogP contribution in [0, 0.1) is 5.92 Å². The van der Waals surface area contributed by atoms with Gasteiger partial charge in [0.15, 0.2) is 0 Å². The third-order valence-electron chi connectivity index (χ3n) is 3.03. The van der Waals surface area contributed by atoms with Gasteiger partial charge >= 0.3 is 0 Å². The molecular weight excluding hydrogens is 188 g/mol. The van der Waals surface area contributed by atoms with Gasteiger partial charge in [0.25, 0.3) is 0 Å². The van der Waals surface area contributed by atoms with Crippen LogP contribution < -0.4 is 5.73 Å². The molecule has 0 aromatic heterocycles. The molecule has 0 saturated carbocycles. The van der Waals surface area contributed by atoms with E-state index in [0.717, 1.165) is 38.3 Å². The molecule has 0 aliphatic carbocycles. The molecule has 0 spiro atoms. The second kappa shape index (κ2) is 6.11. The summed E-state index contributed by atoms with van der Waals surface area (Å²) in [5.41, 5.74) is 5.73. The number of rotatable bonds is 5. The lowest BCUT2D eigenvalue weighted by Gasteiger charge is -2.30. The minimum atomic E-state index is -0.233. The van der Waals surface area contributed by atoms with Gasteiger partial charge in [-0.15, -0.1) is 0 Å². The number of amides is 1. The standard InChI is InChI=1S/C12H24N2O/c1-10(2)6-3-4-8-14-9-5-7-11(13)12(14)15/h10-11H,3-9,13H2,1-2H3. The van der Waals surface area contributed by atoms with E-state index in [1.165, 1.54) is 12.8 Å². The molecule has 88 valence electrons. The first-order chi connectivity index (χ1) is 7.11. The van der Waals surface area contributed by atoms with Crippen LogP contribution in [0.2, 0.25) is 0 Å². The number of nitrogens with zero attached hydrogens (tertiary/aromatic N) is 1. The molecule has 1 aliphatic heterocycles. The molecule has 0 aromatic rings.